The Morgan fingerprint density at radius 1 is 0.929 bits per heavy atom. The first-order valence-electron chi connectivity index (χ1n) is 4.55. The van der Waals surface area contributed by atoms with Gasteiger partial charge in [-0.1, -0.05) is 30.3 Å². The Bertz CT molecular complexity index is 320. The Morgan fingerprint density at radius 3 is 1.71 bits per heavy atom. The average molecular weight is 211 g/mol. The first-order valence-corrected chi connectivity index (χ1v) is 6.24. The third kappa shape index (κ3) is 1.90. The van der Waals surface area contributed by atoms with E-state index in [2.05, 4.69) is 0 Å². The number of rotatable bonds is 3. The van der Waals surface area contributed by atoms with E-state index >= 15 is 0 Å². The van der Waals surface area contributed by atoms with Gasteiger partial charge in [0.25, 0.3) is 0 Å². The average Bonchev–Trinajstić information content (AvgIpc) is 2.17. The quantitative estimate of drug-likeness (QED) is 0.775. The lowest BCUT2D eigenvalue weighted by atomic mass is 10.4. The molecular weight excluding hydrogens is 193 g/mol. The lowest BCUT2D eigenvalue weighted by Gasteiger charge is -2.34. The van der Waals surface area contributed by atoms with Gasteiger partial charge in [-0.3, -0.25) is 14.5 Å². The van der Waals surface area contributed by atoms with E-state index in [4.69, 9.17) is 5.16 Å². The summed E-state index contributed by atoms with van der Waals surface area (Å²) in [5, 5.41) is 9.63. The molecule has 0 unspecified atom stereocenters. The lowest BCUT2D eigenvalue weighted by Crippen LogP contribution is -2.28. The van der Waals surface area contributed by atoms with Crippen LogP contribution < -0.4 is 5.30 Å². The summed E-state index contributed by atoms with van der Waals surface area (Å²) in [6, 6.07) is 10.0. The molecule has 1 rings (SSSR count). The standard InChI is InChI=1S/C10H18N3P/c1-12(2)14(11,13(3)4)10-8-6-5-7-9-10/h5-9,11H,1-4H3. The fourth-order valence-corrected chi connectivity index (χ4v) is 3.68. The fraction of sp³-hybridized carbons (Fsp3) is 0.400. The molecule has 0 aliphatic carbocycles. The number of benzene rings is 1. The zero-order valence-electron chi connectivity index (χ0n) is 9.23. The van der Waals surface area contributed by atoms with E-state index in [1.54, 1.807) is 0 Å². The van der Waals surface area contributed by atoms with Crippen LogP contribution in [-0.2, 0) is 0 Å². The van der Waals surface area contributed by atoms with Crippen molar-refractivity contribution in [3.8, 4) is 0 Å². The molecule has 0 heterocycles. The van der Waals surface area contributed by atoms with Gasteiger partial charge in [-0.25, -0.2) is 0 Å². The highest BCUT2D eigenvalue weighted by Gasteiger charge is 2.24. The molecule has 1 aromatic carbocycles. The molecule has 78 valence electrons. The van der Waals surface area contributed by atoms with Crippen molar-refractivity contribution in [2.24, 2.45) is 0 Å². The van der Waals surface area contributed by atoms with E-state index < -0.39 is 7.36 Å². The van der Waals surface area contributed by atoms with Gasteiger partial charge in [0.2, 0.25) is 0 Å². The summed E-state index contributed by atoms with van der Waals surface area (Å²) in [5.74, 6) is 0. The van der Waals surface area contributed by atoms with Crippen LogP contribution in [0.1, 0.15) is 0 Å². The summed E-state index contributed by atoms with van der Waals surface area (Å²) in [4.78, 5) is 0. The molecule has 0 aliphatic heterocycles. The number of hydrogen-bond donors (Lipinski definition) is 1. The van der Waals surface area contributed by atoms with Crippen LogP contribution >= 0.6 is 7.36 Å². The van der Waals surface area contributed by atoms with Crippen molar-refractivity contribution in [2.75, 3.05) is 28.2 Å². The number of nitrogens with one attached hydrogen (secondary N) is 1. The van der Waals surface area contributed by atoms with E-state index in [9.17, 15) is 0 Å². The molecule has 4 heteroatoms. The van der Waals surface area contributed by atoms with Crippen molar-refractivity contribution in [1.29, 1.82) is 5.16 Å². The normalized spacial score (nSPS) is 12.4. The topological polar surface area (TPSA) is 30.3 Å². The van der Waals surface area contributed by atoms with E-state index in [0.29, 0.717) is 0 Å². The third-order valence-corrected chi connectivity index (χ3v) is 5.61. The van der Waals surface area contributed by atoms with Crippen LogP contribution in [0.15, 0.2) is 30.3 Å². The van der Waals surface area contributed by atoms with Crippen molar-refractivity contribution < 1.29 is 0 Å². The van der Waals surface area contributed by atoms with Crippen LogP contribution in [0.5, 0.6) is 0 Å². The van der Waals surface area contributed by atoms with Crippen LogP contribution in [0.25, 0.3) is 0 Å². The highest BCUT2D eigenvalue weighted by molar-refractivity contribution is 7.68. The van der Waals surface area contributed by atoms with Crippen LogP contribution in [0, 0.1) is 5.16 Å². The summed E-state index contributed by atoms with van der Waals surface area (Å²) in [5.41, 5.74) is 0. The Kier molecular flexibility index (Phi) is 3.48. The molecule has 1 N–H and O–H groups in total. The van der Waals surface area contributed by atoms with Gasteiger partial charge in [-0.2, -0.15) is 0 Å². The van der Waals surface area contributed by atoms with Crippen molar-refractivity contribution in [2.45, 2.75) is 0 Å². The second kappa shape index (κ2) is 4.26. The highest BCUT2D eigenvalue weighted by atomic mass is 31.2. The molecule has 0 bridgehead atoms. The van der Waals surface area contributed by atoms with Crippen molar-refractivity contribution >= 4 is 12.7 Å². The van der Waals surface area contributed by atoms with Gasteiger partial charge in [0, 0.05) is 5.30 Å². The molecule has 0 radical (unpaired) electrons. The lowest BCUT2D eigenvalue weighted by molar-refractivity contribution is 0.567. The van der Waals surface area contributed by atoms with E-state index in [-0.39, 0.29) is 0 Å². The summed E-state index contributed by atoms with van der Waals surface area (Å²) in [6.07, 6.45) is 0. The number of hydrogen-bond acceptors (Lipinski definition) is 1. The summed E-state index contributed by atoms with van der Waals surface area (Å²) in [7, 11) is 5.82. The van der Waals surface area contributed by atoms with Crippen molar-refractivity contribution in [1.82, 2.24) is 9.34 Å². The van der Waals surface area contributed by atoms with Gasteiger partial charge in [0.1, 0.15) is 7.36 Å². The van der Waals surface area contributed by atoms with Gasteiger partial charge < -0.3 is 0 Å². The Labute approximate surface area is 86.3 Å². The van der Waals surface area contributed by atoms with E-state index in [1.165, 1.54) is 0 Å². The Balaban J connectivity index is 3.21. The van der Waals surface area contributed by atoms with Crippen molar-refractivity contribution in [3.63, 3.8) is 0 Å². The summed E-state index contributed by atoms with van der Waals surface area (Å²) < 4.78 is 4.00. The van der Waals surface area contributed by atoms with Crippen LogP contribution in [-0.4, -0.2) is 37.5 Å². The first kappa shape index (κ1) is 11.4. The molecule has 0 spiro atoms. The minimum Gasteiger partial charge on any atom is -0.286 e. The fourth-order valence-electron chi connectivity index (χ4n) is 1.46. The van der Waals surface area contributed by atoms with E-state index in [1.807, 2.05) is 67.9 Å². The molecule has 3 nitrogen and oxygen atoms in total. The second-order valence-electron chi connectivity index (χ2n) is 3.63. The van der Waals surface area contributed by atoms with Crippen molar-refractivity contribution in [3.05, 3.63) is 30.3 Å². The summed E-state index contributed by atoms with van der Waals surface area (Å²) in [6.45, 7) is 0. The zero-order chi connectivity index (χ0) is 10.8. The van der Waals surface area contributed by atoms with Gasteiger partial charge in [0.15, 0.2) is 0 Å². The first-order chi connectivity index (χ1) is 6.49. The monoisotopic (exact) mass is 211 g/mol. The molecular formula is C10H18N3P. The molecule has 0 aliphatic rings. The minimum absolute atomic E-state index is 1.09. The predicted octanol–water partition coefficient (Wildman–Crippen LogP) is 2.05. The molecule has 0 amide bonds. The van der Waals surface area contributed by atoms with Gasteiger partial charge in [-0.05, 0) is 28.2 Å². The van der Waals surface area contributed by atoms with Crippen LogP contribution in [0.3, 0.4) is 0 Å². The zero-order valence-corrected chi connectivity index (χ0v) is 10.1. The van der Waals surface area contributed by atoms with Gasteiger partial charge in [0.05, 0.1) is 0 Å². The highest BCUT2D eigenvalue weighted by Crippen LogP contribution is 2.48. The van der Waals surface area contributed by atoms with Gasteiger partial charge in [-0.15, -0.1) is 0 Å². The van der Waals surface area contributed by atoms with Gasteiger partial charge >= 0.3 is 0 Å². The second-order valence-corrected chi connectivity index (χ2v) is 6.95. The van der Waals surface area contributed by atoms with Crippen LogP contribution in [0.4, 0.5) is 0 Å². The molecule has 0 aromatic heterocycles. The smallest absolute Gasteiger partial charge is 0.123 e. The molecule has 0 atom stereocenters. The maximum Gasteiger partial charge on any atom is 0.123 e. The molecule has 1 aromatic rings. The largest absolute Gasteiger partial charge is 0.286 e. The molecule has 0 saturated heterocycles. The predicted molar refractivity (Wildman–Crippen MR) is 63.1 cm³/mol. The maximum absolute atomic E-state index is 8.53. The Hall–Kier alpha value is -0.630. The van der Waals surface area contributed by atoms with E-state index in [0.717, 1.165) is 5.30 Å². The Morgan fingerprint density at radius 2 is 1.36 bits per heavy atom. The maximum atomic E-state index is 8.53. The SMILES string of the molecule is CN(C)P(=N)(c1ccccc1)N(C)C. The number of nitrogens with zero attached hydrogens (tertiary/aromatic N) is 2. The summed E-state index contributed by atoms with van der Waals surface area (Å²) >= 11 is 0. The molecule has 0 fully saturated rings. The molecule has 0 saturated carbocycles. The minimum atomic E-state index is -2.05. The molecule has 14 heavy (non-hydrogen) atoms. The third-order valence-electron chi connectivity index (χ3n) is 2.27. The van der Waals surface area contributed by atoms with Crippen LogP contribution in [0.2, 0.25) is 0 Å².